The van der Waals surface area contributed by atoms with Gasteiger partial charge in [0.25, 0.3) is 5.69 Å². The summed E-state index contributed by atoms with van der Waals surface area (Å²) in [7, 11) is 0. The Hall–Kier alpha value is -1.82. The van der Waals surface area contributed by atoms with Crippen molar-refractivity contribution in [2.45, 2.75) is 25.3 Å². The van der Waals surface area contributed by atoms with E-state index in [0.29, 0.717) is 17.1 Å². The van der Waals surface area contributed by atoms with E-state index in [4.69, 9.17) is 9.47 Å². The monoisotopic (exact) mass is 250 g/mol. The van der Waals surface area contributed by atoms with Crippen LogP contribution in [0.25, 0.3) is 0 Å². The van der Waals surface area contributed by atoms with Gasteiger partial charge >= 0.3 is 0 Å². The topological polar surface area (TPSA) is 73.6 Å². The van der Waals surface area contributed by atoms with Crippen LogP contribution in [0, 0.1) is 10.1 Å². The van der Waals surface area contributed by atoms with Gasteiger partial charge in [-0.3, -0.25) is 10.1 Å². The van der Waals surface area contributed by atoms with Gasteiger partial charge < -0.3 is 14.8 Å². The molecule has 2 heterocycles. The maximum absolute atomic E-state index is 11.1. The Labute approximate surface area is 104 Å². The molecule has 1 aromatic rings. The molecule has 1 fully saturated rings. The van der Waals surface area contributed by atoms with E-state index in [1.165, 1.54) is 6.07 Å². The van der Waals surface area contributed by atoms with E-state index in [1.54, 1.807) is 6.07 Å². The first-order chi connectivity index (χ1) is 8.75. The van der Waals surface area contributed by atoms with Gasteiger partial charge in [0.2, 0.25) is 6.79 Å². The lowest BCUT2D eigenvalue weighted by Crippen LogP contribution is -2.27. The van der Waals surface area contributed by atoms with Gasteiger partial charge in [0, 0.05) is 6.04 Å². The molecule has 96 valence electrons. The molecule has 0 saturated carbocycles. The number of nitro benzene ring substituents is 1. The van der Waals surface area contributed by atoms with Gasteiger partial charge in [-0.25, -0.2) is 0 Å². The van der Waals surface area contributed by atoms with Crippen molar-refractivity contribution in [3.63, 3.8) is 0 Å². The van der Waals surface area contributed by atoms with Crippen LogP contribution in [0.15, 0.2) is 12.1 Å². The third-order valence-corrected chi connectivity index (χ3v) is 3.40. The van der Waals surface area contributed by atoms with Crippen molar-refractivity contribution < 1.29 is 14.4 Å². The number of rotatable bonds is 2. The highest BCUT2D eigenvalue weighted by molar-refractivity contribution is 5.56. The third-order valence-electron chi connectivity index (χ3n) is 3.40. The van der Waals surface area contributed by atoms with Crippen LogP contribution in [0.2, 0.25) is 0 Å². The van der Waals surface area contributed by atoms with Gasteiger partial charge in [0.15, 0.2) is 11.5 Å². The highest BCUT2D eigenvalue weighted by atomic mass is 16.7. The largest absolute Gasteiger partial charge is 0.454 e. The molecule has 0 spiro atoms. The van der Waals surface area contributed by atoms with Crippen molar-refractivity contribution in [1.29, 1.82) is 0 Å². The van der Waals surface area contributed by atoms with Crippen LogP contribution in [0.3, 0.4) is 0 Å². The molecule has 2 aliphatic heterocycles. The number of benzene rings is 1. The molecule has 6 nitrogen and oxygen atoms in total. The van der Waals surface area contributed by atoms with Crippen molar-refractivity contribution in [2.75, 3.05) is 13.3 Å². The normalized spacial score (nSPS) is 21.9. The van der Waals surface area contributed by atoms with Crippen LogP contribution in [0.1, 0.15) is 30.9 Å². The maximum Gasteiger partial charge on any atom is 0.278 e. The van der Waals surface area contributed by atoms with E-state index in [0.717, 1.165) is 25.8 Å². The van der Waals surface area contributed by atoms with Crippen LogP contribution < -0.4 is 14.8 Å². The fourth-order valence-corrected chi connectivity index (χ4v) is 2.50. The molecular formula is C12H14N2O4. The van der Waals surface area contributed by atoms with E-state index in [-0.39, 0.29) is 23.4 Å². The zero-order valence-corrected chi connectivity index (χ0v) is 9.85. The average molecular weight is 250 g/mol. The third kappa shape index (κ3) is 1.88. The number of fused-ring (bicyclic) bond motifs is 1. The summed E-state index contributed by atoms with van der Waals surface area (Å²) in [6, 6.07) is 3.24. The molecule has 1 saturated heterocycles. The second-order valence-electron chi connectivity index (χ2n) is 4.52. The summed E-state index contributed by atoms with van der Waals surface area (Å²) >= 11 is 0. The minimum absolute atomic E-state index is 0.0358. The molecule has 6 heteroatoms. The zero-order chi connectivity index (χ0) is 12.5. The van der Waals surface area contributed by atoms with Crippen LogP contribution in [-0.2, 0) is 0 Å². The first-order valence-corrected chi connectivity index (χ1v) is 6.07. The van der Waals surface area contributed by atoms with Gasteiger partial charge in [-0.15, -0.1) is 0 Å². The Balaban J connectivity index is 2.02. The summed E-state index contributed by atoms with van der Waals surface area (Å²) in [5.74, 6) is 1.06. The molecule has 0 bridgehead atoms. The fraction of sp³-hybridized carbons (Fsp3) is 0.500. The first kappa shape index (κ1) is 11.3. The summed E-state index contributed by atoms with van der Waals surface area (Å²) in [5.41, 5.74) is 0.808. The van der Waals surface area contributed by atoms with Crippen LogP contribution in [0.5, 0.6) is 11.5 Å². The van der Waals surface area contributed by atoms with Crippen LogP contribution in [0.4, 0.5) is 5.69 Å². The Bertz CT molecular complexity index is 483. The smallest absolute Gasteiger partial charge is 0.278 e. The van der Waals surface area contributed by atoms with Gasteiger partial charge in [0.1, 0.15) is 0 Å². The summed E-state index contributed by atoms with van der Waals surface area (Å²) < 4.78 is 10.5. The Morgan fingerprint density at radius 1 is 1.28 bits per heavy atom. The molecular weight excluding hydrogens is 236 g/mol. The lowest BCUT2D eigenvalue weighted by Gasteiger charge is -2.23. The van der Waals surface area contributed by atoms with E-state index < -0.39 is 0 Å². The molecule has 1 N–H and O–H groups in total. The molecule has 1 atom stereocenters. The molecule has 3 rings (SSSR count). The van der Waals surface area contributed by atoms with E-state index in [1.807, 2.05) is 0 Å². The molecule has 0 unspecified atom stereocenters. The van der Waals surface area contributed by atoms with E-state index >= 15 is 0 Å². The van der Waals surface area contributed by atoms with Gasteiger partial charge in [-0.05, 0) is 25.5 Å². The molecule has 2 aliphatic rings. The van der Waals surface area contributed by atoms with Gasteiger partial charge in [-0.2, -0.15) is 0 Å². The Morgan fingerprint density at radius 2 is 2.06 bits per heavy atom. The Morgan fingerprint density at radius 3 is 2.72 bits per heavy atom. The summed E-state index contributed by atoms with van der Waals surface area (Å²) in [6.07, 6.45) is 3.12. The van der Waals surface area contributed by atoms with Crippen molar-refractivity contribution in [1.82, 2.24) is 5.32 Å². The molecule has 0 radical (unpaired) electrons. The summed E-state index contributed by atoms with van der Waals surface area (Å²) in [6.45, 7) is 1.03. The average Bonchev–Trinajstić information content (AvgIpc) is 2.85. The molecule has 0 aliphatic carbocycles. The predicted molar refractivity (Wildman–Crippen MR) is 63.8 cm³/mol. The predicted octanol–water partition coefficient (Wildman–Crippen LogP) is 2.14. The minimum Gasteiger partial charge on any atom is -0.454 e. The Kier molecular flexibility index (Phi) is 2.79. The van der Waals surface area contributed by atoms with Gasteiger partial charge in [-0.1, -0.05) is 6.42 Å². The van der Waals surface area contributed by atoms with Gasteiger partial charge in [0.05, 0.1) is 16.6 Å². The lowest BCUT2D eigenvalue weighted by molar-refractivity contribution is -0.385. The molecule has 0 amide bonds. The van der Waals surface area contributed by atoms with Crippen molar-refractivity contribution in [3.8, 4) is 11.5 Å². The molecule has 1 aromatic carbocycles. The van der Waals surface area contributed by atoms with Crippen molar-refractivity contribution in [3.05, 3.63) is 27.8 Å². The number of nitro groups is 1. The quantitative estimate of drug-likeness (QED) is 0.643. The number of hydrogen-bond donors (Lipinski definition) is 1. The number of piperidine rings is 1. The van der Waals surface area contributed by atoms with E-state index in [9.17, 15) is 10.1 Å². The van der Waals surface area contributed by atoms with Crippen LogP contribution in [-0.4, -0.2) is 18.3 Å². The highest BCUT2D eigenvalue weighted by Gasteiger charge is 2.28. The molecule has 0 aromatic heterocycles. The van der Waals surface area contributed by atoms with Crippen molar-refractivity contribution in [2.24, 2.45) is 0 Å². The second kappa shape index (κ2) is 4.45. The molecule has 18 heavy (non-hydrogen) atoms. The summed E-state index contributed by atoms with van der Waals surface area (Å²) in [4.78, 5) is 10.8. The number of nitrogens with zero attached hydrogens (tertiary/aromatic N) is 1. The first-order valence-electron chi connectivity index (χ1n) is 6.07. The highest BCUT2D eigenvalue weighted by Crippen LogP contribution is 2.41. The SMILES string of the molecule is O=[N+]([O-])c1cc2c(cc1[C@H]1CCCCN1)OCO2. The standard InChI is InChI=1S/C12H14N2O4/c15-14(16)10-6-12-11(17-7-18-12)5-8(10)9-3-1-2-4-13-9/h5-6,9,13H,1-4,7H2/t9-/m1/s1. The second-order valence-corrected chi connectivity index (χ2v) is 4.52. The minimum atomic E-state index is -0.354. The number of hydrogen-bond acceptors (Lipinski definition) is 5. The summed E-state index contributed by atoms with van der Waals surface area (Å²) in [5, 5.41) is 14.5. The number of nitrogens with one attached hydrogen (secondary N) is 1. The van der Waals surface area contributed by atoms with E-state index in [2.05, 4.69) is 5.32 Å². The van der Waals surface area contributed by atoms with Crippen molar-refractivity contribution >= 4 is 5.69 Å². The van der Waals surface area contributed by atoms with Crippen LogP contribution >= 0.6 is 0 Å². The fourth-order valence-electron chi connectivity index (χ4n) is 2.50. The number of ether oxygens (including phenoxy) is 2. The maximum atomic E-state index is 11.1. The lowest BCUT2D eigenvalue weighted by atomic mass is 9.96. The zero-order valence-electron chi connectivity index (χ0n) is 9.85.